The number of benzene rings is 2. The SMILES string of the molecule is CCC(C=Cc1ccccc1)=CC=CC=Cc1ccccc1. The number of allylic oxidation sites excluding steroid dienone is 6. The highest BCUT2D eigenvalue weighted by Crippen LogP contribution is 2.08. The molecule has 0 heteroatoms. The summed E-state index contributed by atoms with van der Waals surface area (Å²) >= 11 is 0. The van der Waals surface area contributed by atoms with Gasteiger partial charge in [-0.2, -0.15) is 0 Å². The van der Waals surface area contributed by atoms with Gasteiger partial charge in [0, 0.05) is 0 Å². The Labute approximate surface area is 133 Å². The molecule has 22 heavy (non-hydrogen) atoms. The van der Waals surface area contributed by atoms with Crippen molar-refractivity contribution in [1.82, 2.24) is 0 Å². The van der Waals surface area contributed by atoms with E-state index in [2.05, 4.69) is 85.9 Å². The second kappa shape index (κ2) is 9.36. The van der Waals surface area contributed by atoms with E-state index in [1.165, 1.54) is 16.7 Å². The van der Waals surface area contributed by atoms with Crippen molar-refractivity contribution in [3.8, 4) is 0 Å². The normalized spacial score (nSPS) is 12.7. The van der Waals surface area contributed by atoms with Gasteiger partial charge >= 0.3 is 0 Å². The summed E-state index contributed by atoms with van der Waals surface area (Å²) in [6, 6.07) is 20.7. The minimum absolute atomic E-state index is 1.02. The summed E-state index contributed by atoms with van der Waals surface area (Å²) in [6.45, 7) is 2.18. The molecule has 0 aliphatic rings. The highest BCUT2D eigenvalue weighted by molar-refractivity contribution is 5.53. The van der Waals surface area contributed by atoms with E-state index in [4.69, 9.17) is 0 Å². The molecule has 2 aromatic rings. The van der Waals surface area contributed by atoms with Gasteiger partial charge in [0.25, 0.3) is 0 Å². The van der Waals surface area contributed by atoms with Crippen LogP contribution in [-0.4, -0.2) is 0 Å². The predicted molar refractivity (Wildman–Crippen MR) is 98.5 cm³/mol. The zero-order valence-corrected chi connectivity index (χ0v) is 13.0. The Hall–Kier alpha value is -2.60. The standard InChI is InChI=1S/C22H22/c1-2-20(18-19-22-16-10-5-11-17-22)12-6-3-7-13-21-14-8-4-9-15-21/h3-19H,2H2,1H3. The van der Waals surface area contributed by atoms with Crippen LogP contribution in [0.2, 0.25) is 0 Å². The van der Waals surface area contributed by atoms with Crippen LogP contribution in [0.4, 0.5) is 0 Å². The van der Waals surface area contributed by atoms with Gasteiger partial charge in [-0.25, -0.2) is 0 Å². The van der Waals surface area contributed by atoms with Crippen LogP contribution in [0.1, 0.15) is 24.5 Å². The lowest BCUT2D eigenvalue weighted by molar-refractivity contribution is 1.15. The van der Waals surface area contributed by atoms with E-state index in [-0.39, 0.29) is 0 Å². The van der Waals surface area contributed by atoms with Gasteiger partial charge in [-0.1, -0.05) is 110 Å². The number of rotatable bonds is 6. The van der Waals surface area contributed by atoms with E-state index in [0.29, 0.717) is 0 Å². The smallest absolute Gasteiger partial charge is 0.0257 e. The molecule has 0 nitrogen and oxygen atoms in total. The Kier molecular flexibility index (Phi) is 6.71. The first-order valence-electron chi connectivity index (χ1n) is 7.70. The third-order valence-electron chi connectivity index (χ3n) is 3.32. The summed E-state index contributed by atoms with van der Waals surface area (Å²) in [6.07, 6.45) is 15.9. The maximum absolute atomic E-state index is 2.18. The zero-order chi connectivity index (χ0) is 15.5. The van der Waals surface area contributed by atoms with Crippen molar-refractivity contribution in [1.29, 1.82) is 0 Å². The molecule has 0 radical (unpaired) electrons. The molecular weight excluding hydrogens is 264 g/mol. The number of hydrogen-bond donors (Lipinski definition) is 0. The third-order valence-corrected chi connectivity index (χ3v) is 3.32. The Morgan fingerprint density at radius 1 is 0.727 bits per heavy atom. The van der Waals surface area contributed by atoms with Gasteiger partial charge in [0.1, 0.15) is 0 Å². The van der Waals surface area contributed by atoms with Crippen molar-refractivity contribution >= 4 is 12.2 Å². The Balaban J connectivity index is 1.93. The van der Waals surface area contributed by atoms with Gasteiger partial charge < -0.3 is 0 Å². The monoisotopic (exact) mass is 286 g/mol. The average molecular weight is 286 g/mol. The topological polar surface area (TPSA) is 0 Å². The van der Waals surface area contributed by atoms with Crippen molar-refractivity contribution in [2.75, 3.05) is 0 Å². The molecule has 0 amide bonds. The summed E-state index contributed by atoms with van der Waals surface area (Å²) in [5, 5.41) is 0. The van der Waals surface area contributed by atoms with E-state index >= 15 is 0 Å². The van der Waals surface area contributed by atoms with Gasteiger partial charge in [-0.05, 0) is 23.1 Å². The second-order valence-electron chi connectivity index (χ2n) is 4.99. The first kappa shape index (κ1) is 15.8. The molecule has 0 aromatic heterocycles. The molecule has 110 valence electrons. The van der Waals surface area contributed by atoms with Gasteiger partial charge in [0.2, 0.25) is 0 Å². The maximum Gasteiger partial charge on any atom is -0.0257 e. The fraction of sp³-hybridized carbons (Fsp3) is 0.0909. The van der Waals surface area contributed by atoms with E-state index in [9.17, 15) is 0 Å². The summed E-state index contributed by atoms with van der Waals surface area (Å²) in [5.41, 5.74) is 3.76. The number of hydrogen-bond acceptors (Lipinski definition) is 0. The van der Waals surface area contributed by atoms with Crippen LogP contribution in [0, 0.1) is 0 Å². The zero-order valence-electron chi connectivity index (χ0n) is 13.0. The largest absolute Gasteiger partial charge is 0.0622 e. The van der Waals surface area contributed by atoms with E-state index in [1.54, 1.807) is 0 Å². The van der Waals surface area contributed by atoms with Gasteiger partial charge in [0.15, 0.2) is 0 Å². The lowest BCUT2D eigenvalue weighted by Gasteiger charge is -1.95. The minimum atomic E-state index is 1.02. The highest BCUT2D eigenvalue weighted by Gasteiger charge is 1.87. The minimum Gasteiger partial charge on any atom is -0.0622 e. The van der Waals surface area contributed by atoms with Gasteiger partial charge in [0.05, 0.1) is 0 Å². The molecule has 0 N–H and O–H groups in total. The van der Waals surface area contributed by atoms with Crippen molar-refractivity contribution in [2.24, 2.45) is 0 Å². The van der Waals surface area contributed by atoms with Crippen LogP contribution in [0.5, 0.6) is 0 Å². The van der Waals surface area contributed by atoms with E-state index < -0.39 is 0 Å². The maximum atomic E-state index is 2.18. The first-order valence-corrected chi connectivity index (χ1v) is 7.70. The Morgan fingerprint density at radius 3 is 1.91 bits per heavy atom. The molecule has 0 fully saturated rings. The quantitative estimate of drug-likeness (QED) is 0.546. The van der Waals surface area contributed by atoms with Crippen molar-refractivity contribution in [3.05, 3.63) is 108 Å². The van der Waals surface area contributed by atoms with Crippen LogP contribution in [0.25, 0.3) is 12.2 Å². The van der Waals surface area contributed by atoms with Crippen molar-refractivity contribution in [2.45, 2.75) is 13.3 Å². The molecule has 0 heterocycles. The fourth-order valence-corrected chi connectivity index (χ4v) is 2.03. The van der Waals surface area contributed by atoms with Gasteiger partial charge in [-0.15, -0.1) is 0 Å². The molecule has 2 aromatic carbocycles. The lowest BCUT2D eigenvalue weighted by atomic mass is 10.1. The van der Waals surface area contributed by atoms with Crippen LogP contribution >= 0.6 is 0 Å². The third kappa shape index (κ3) is 5.80. The molecule has 0 unspecified atom stereocenters. The summed E-state index contributed by atoms with van der Waals surface area (Å²) in [7, 11) is 0. The molecule has 0 aliphatic heterocycles. The average Bonchev–Trinajstić information content (AvgIpc) is 2.59. The summed E-state index contributed by atoms with van der Waals surface area (Å²) in [4.78, 5) is 0. The van der Waals surface area contributed by atoms with E-state index in [0.717, 1.165) is 6.42 Å². The highest BCUT2D eigenvalue weighted by atomic mass is 13.9. The Morgan fingerprint density at radius 2 is 1.32 bits per heavy atom. The van der Waals surface area contributed by atoms with Crippen LogP contribution in [-0.2, 0) is 0 Å². The van der Waals surface area contributed by atoms with Crippen LogP contribution < -0.4 is 0 Å². The molecule has 0 bridgehead atoms. The molecule has 0 saturated heterocycles. The predicted octanol–water partition coefficient (Wildman–Crippen LogP) is 6.31. The van der Waals surface area contributed by atoms with Gasteiger partial charge in [-0.3, -0.25) is 0 Å². The molecule has 0 atom stereocenters. The Bertz CT molecular complexity index is 656. The summed E-state index contributed by atoms with van der Waals surface area (Å²) in [5.74, 6) is 0. The van der Waals surface area contributed by atoms with E-state index in [1.807, 2.05) is 24.3 Å². The fourth-order valence-electron chi connectivity index (χ4n) is 2.03. The van der Waals surface area contributed by atoms with Crippen LogP contribution in [0.3, 0.4) is 0 Å². The van der Waals surface area contributed by atoms with Crippen molar-refractivity contribution < 1.29 is 0 Å². The molecule has 0 aliphatic carbocycles. The molecule has 2 rings (SSSR count). The van der Waals surface area contributed by atoms with Crippen LogP contribution in [0.15, 0.2) is 96.6 Å². The molecular formula is C22H22. The second-order valence-corrected chi connectivity index (χ2v) is 4.99. The van der Waals surface area contributed by atoms with Crippen molar-refractivity contribution in [3.63, 3.8) is 0 Å². The molecule has 0 saturated carbocycles. The summed E-state index contributed by atoms with van der Waals surface area (Å²) < 4.78 is 0. The lowest BCUT2D eigenvalue weighted by Crippen LogP contribution is -1.74. The first-order chi connectivity index (χ1) is 10.9. The molecule has 0 spiro atoms.